The molecule has 0 spiro atoms. The largest absolute Gasteiger partial charge is 0.497 e. The Morgan fingerprint density at radius 3 is 2.82 bits per heavy atom. The van der Waals surface area contributed by atoms with Crippen LogP contribution in [0.15, 0.2) is 53.8 Å². The summed E-state index contributed by atoms with van der Waals surface area (Å²) in [5, 5.41) is 3.87. The quantitative estimate of drug-likeness (QED) is 0.630. The van der Waals surface area contributed by atoms with Crippen LogP contribution in [-0.2, 0) is 10.5 Å². The first-order chi connectivity index (χ1) is 10.8. The lowest BCUT2D eigenvalue weighted by molar-refractivity contribution is -0.118. The van der Waals surface area contributed by atoms with Gasteiger partial charge in [0.05, 0.1) is 24.8 Å². The van der Waals surface area contributed by atoms with Gasteiger partial charge in [-0.15, -0.1) is 11.8 Å². The smallest absolute Gasteiger partial charge is 0.250 e. The number of amides is 1. The van der Waals surface area contributed by atoms with Crippen LogP contribution in [0.3, 0.4) is 0 Å². The van der Waals surface area contributed by atoms with E-state index in [0.29, 0.717) is 11.4 Å². The van der Waals surface area contributed by atoms with Gasteiger partial charge in [0.25, 0.3) is 0 Å². The summed E-state index contributed by atoms with van der Waals surface area (Å²) in [6, 6.07) is 13.3. The highest BCUT2D eigenvalue weighted by atomic mass is 32.2. The molecule has 1 amide bonds. The van der Waals surface area contributed by atoms with Crippen LogP contribution in [-0.4, -0.2) is 30.0 Å². The Morgan fingerprint density at radius 2 is 2.14 bits per heavy atom. The fourth-order valence-corrected chi connectivity index (χ4v) is 2.42. The van der Waals surface area contributed by atoms with Gasteiger partial charge in [0, 0.05) is 11.9 Å². The molecule has 114 valence electrons. The molecule has 0 saturated heterocycles. The van der Waals surface area contributed by atoms with E-state index in [2.05, 4.69) is 15.5 Å². The van der Waals surface area contributed by atoms with Crippen molar-refractivity contribution in [2.45, 2.75) is 5.75 Å². The van der Waals surface area contributed by atoms with Crippen LogP contribution >= 0.6 is 11.8 Å². The van der Waals surface area contributed by atoms with Gasteiger partial charge in [-0.1, -0.05) is 18.2 Å². The molecule has 0 fully saturated rings. The van der Waals surface area contributed by atoms with E-state index in [1.54, 1.807) is 13.3 Å². The molecule has 22 heavy (non-hydrogen) atoms. The molecule has 1 heterocycles. The van der Waals surface area contributed by atoms with Gasteiger partial charge in [0.15, 0.2) is 0 Å². The van der Waals surface area contributed by atoms with Crippen LogP contribution in [0.4, 0.5) is 0 Å². The number of benzene rings is 1. The van der Waals surface area contributed by atoms with Gasteiger partial charge in [-0.3, -0.25) is 9.78 Å². The summed E-state index contributed by atoms with van der Waals surface area (Å²) in [6.45, 7) is 0. The zero-order valence-corrected chi connectivity index (χ0v) is 13.0. The predicted molar refractivity (Wildman–Crippen MR) is 89.1 cm³/mol. The third kappa shape index (κ3) is 5.57. The second kappa shape index (κ2) is 8.84. The minimum Gasteiger partial charge on any atom is -0.497 e. The van der Waals surface area contributed by atoms with E-state index in [4.69, 9.17) is 4.74 Å². The molecule has 0 unspecified atom stereocenters. The van der Waals surface area contributed by atoms with Gasteiger partial charge < -0.3 is 4.74 Å². The predicted octanol–water partition coefficient (Wildman–Crippen LogP) is 2.47. The number of aromatic nitrogens is 1. The summed E-state index contributed by atoms with van der Waals surface area (Å²) in [5.74, 6) is 1.81. The van der Waals surface area contributed by atoms with Crippen LogP contribution in [0.2, 0.25) is 0 Å². The maximum Gasteiger partial charge on any atom is 0.250 e. The second-order valence-corrected chi connectivity index (χ2v) is 5.37. The summed E-state index contributed by atoms with van der Waals surface area (Å²) >= 11 is 1.53. The van der Waals surface area contributed by atoms with Gasteiger partial charge >= 0.3 is 0 Å². The highest BCUT2D eigenvalue weighted by molar-refractivity contribution is 7.99. The van der Waals surface area contributed by atoms with Crippen LogP contribution in [0, 0.1) is 0 Å². The second-order valence-electron chi connectivity index (χ2n) is 4.39. The number of nitrogens with zero attached hydrogens (tertiary/aromatic N) is 2. The van der Waals surface area contributed by atoms with E-state index in [9.17, 15) is 4.79 Å². The van der Waals surface area contributed by atoms with E-state index in [1.807, 2.05) is 42.5 Å². The first kappa shape index (κ1) is 16.0. The van der Waals surface area contributed by atoms with Crippen LogP contribution in [0.5, 0.6) is 5.75 Å². The average molecular weight is 315 g/mol. The summed E-state index contributed by atoms with van der Waals surface area (Å²) in [6.07, 6.45) is 3.19. The standard InChI is InChI=1S/C16H17N3O2S/c1-21-15-7-5-13(6-8-15)11-22-12-16(20)19-18-10-14-4-2-3-9-17-14/h2-10H,11-12H2,1H3,(H,19,20)/b18-10-. The van der Waals surface area contributed by atoms with Crippen molar-refractivity contribution in [2.75, 3.05) is 12.9 Å². The first-order valence-electron chi connectivity index (χ1n) is 6.71. The van der Waals surface area contributed by atoms with E-state index >= 15 is 0 Å². The molecule has 6 heteroatoms. The van der Waals surface area contributed by atoms with Gasteiger partial charge in [-0.05, 0) is 29.8 Å². The molecule has 2 aromatic rings. The number of pyridine rings is 1. The highest BCUT2D eigenvalue weighted by Crippen LogP contribution is 2.16. The molecule has 1 aromatic carbocycles. The Morgan fingerprint density at radius 1 is 1.32 bits per heavy atom. The number of methoxy groups -OCH3 is 1. The van der Waals surface area contributed by atoms with Crippen molar-refractivity contribution >= 4 is 23.9 Å². The van der Waals surface area contributed by atoms with E-state index in [-0.39, 0.29) is 5.91 Å². The Labute approximate surface area is 133 Å². The minimum atomic E-state index is -0.134. The molecule has 1 N–H and O–H groups in total. The number of carbonyl (C=O) groups is 1. The first-order valence-corrected chi connectivity index (χ1v) is 7.87. The van der Waals surface area contributed by atoms with Gasteiger partial charge in [-0.25, -0.2) is 5.43 Å². The summed E-state index contributed by atoms with van der Waals surface area (Å²) in [5.41, 5.74) is 4.34. The summed E-state index contributed by atoms with van der Waals surface area (Å²) < 4.78 is 5.10. The van der Waals surface area contributed by atoms with Crippen molar-refractivity contribution < 1.29 is 9.53 Å². The summed E-state index contributed by atoms with van der Waals surface area (Å²) in [4.78, 5) is 15.7. The van der Waals surface area contributed by atoms with Crippen molar-refractivity contribution in [3.05, 3.63) is 59.9 Å². The Hall–Kier alpha value is -2.34. The number of hydrazone groups is 1. The lowest BCUT2D eigenvalue weighted by Gasteiger charge is -2.03. The lowest BCUT2D eigenvalue weighted by atomic mass is 10.2. The van der Waals surface area contributed by atoms with Crippen LogP contribution in [0.25, 0.3) is 0 Å². The monoisotopic (exact) mass is 315 g/mol. The normalized spacial score (nSPS) is 10.6. The number of hydrogen-bond donors (Lipinski definition) is 1. The minimum absolute atomic E-state index is 0.134. The maximum absolute atomic E-state index is 11.6. The Bertz CT molecular complexity index is 615. The molecule has 5 nitrogen and oxygen atoms in total. The third-order valence-electron chi connectivity index (χ3n) is 2.73. The van der Waals surface area contributed by atoms with Gasteiger partial charge in [0.1, 0.15) is 5.75 Å². The van der Waals surface area contributed by atoms with Crippen LogP contribution < -0.4 is 10.2 Å². The Kier molecular flexibility index (Phi) is 6.44. The molecule has 0 aliphatic heterocycles. The summed E-state index contributed by atoms with van der Waals surface area (Å²) in [7, 11) is 1.64. The van der Waals surface area contributed by atoms with Crippen molar-refractivity contribution in [3.8, 4) is 5.75 Å². The molecule has 0 atom stereocenters. The van der Waals surface area contributed by atoms with Gasteiger partial charge in [-0.2, -0.15) is 5.10 Å². The van der Waals surface area contributed by atoms with E-state index in [1.165, 1.54) is 18.0 Å². The number of carbonyl (C=O) groups excluding carboxylic acids is 1. The van der Waals surface area contributed by atoms with Crippen molar-refractivity contribution in [3.63, 3.8) is 0 Å². The topological polar surface area (TPSA) is 63.6 Å². The number of rotatable bonds is 7. The number of nitrogens with one attached hydrogen (secondary N) is 1. The van der Waals surface area contributed by atoms with Crippen molar-refractivity contribution in [2.24, 2.45) is 5.10 Å². The molecular weight excluding hydrogens is 298 g/mol. The SMILES string of the molecule is COc1ccc(CSCC(=O)N/N=C\c2ccccn2)cc1. The molecule has 0 aliphatic carbocycles. The van der Waals surface area contributed by atoms with Crippen molar-refractivity contribution in [1.29, 1.82) is 0 Å². The van der Waals surface area contributed by atoms with Gasteiger partial charge in [0.2, 0.25) is 5.91 Å². The molecule has 1 aromatic heterocycles. The zero-order valence-electron chi connectivity index (χ0n) is 12.2. The van der Waals surface area contributed by atoms with E-state index in [0.717, 1.165) is 17.1 Å². The molecule has 0 radical (unpaired) electrons. The van der Waals surface area contributed by atoms with E-state index < -0.39 is 0 Å². The highest BCUT2D eigenvalue weighted by Gasteiger charge is 2.01. The molecule has 0 aliphatic rings. The molecule has 2 rings (SSSR count). The average Bonchev–Trinajstić information content (AvgIpc) is 2.56. The zero-order chi connectivity index (χ0) is 15.6. The molecular formula is C16H17N3O2S. The number of ether oxygens (including phenoxy) is 1. The number of hydrogen-bond acceptors (Lipinski definition) is 5. The molecule has 0 saturated carbocycles. The molecule has 0 bridgehead atoms. The third-order valence-corrected chi connectivity index (χ3v) is 3.74. The maximum atomic E-state index is 11.6. The Balaban J connectivity index is 1.68. The van der Waals surface area contributed by atoms with Crippen LogP contribution in [0.1, 0.15) is 11.3 Å². The number of thioether (sulfide) groups is 1. The fraction of sp³-hybridized carbons (Fsp3) is 0.188. The van der Waals surface area contributed by atoms with Crippen molar-refractivity contribution in [1.82, 2.24) is 10.4 Å². The lowest BCUT2D eigenvalue weighted by Crippen LogP contribution is -2.19. The fourth-order valence-electron chi connectivity index (χ4n) is 1.64.